The SMILES string of the molecule is CCCNC(=O)Nc1ccc(C)cc1C(=O)O. The van der Waals surface area contributed by atoms with E-state index >= 15 is 0 Å². The topological polar surface area (TPSA) is 78.4 Å². The fraction of sp³-hybridized carbons (Fsp3) is 0.333. The molecule has 1 aromatic carbocycles. The highest BCUT2D eigenvalue weighted by Gasteiger charge is 2.12. The molecule has 17 heavy (non-hydrogen) atoms. The molecule has 3 N–H and O–H groups in total. The van der Waals surface area contributed by atoms with Gasteiger partial charge in [0.1, 0.15) is 0 Å². The van der Waals surface area contributed by atoms with E-state index in [-0.39, 0.29) is 5.56 Å². The van der Waals surface area contributed by atoms with Crippen molar-refractivity contribution >= 4 is 17.7 Å². The highest BCUT2D eigenvalue weighted by Crippen LogP contribution is 2.17. The summed E-state index contributed by atoms with van der Waals surface area (Å²) in [6.45, 7) is 4.29. The molecule has 2 amide bonds. The van der Waals surface area contributed by atoms with E-state index in [1.807, 2.05) is 6.92 Å². The number of aromatic carboxylic acids is 1. The minimum Gasteiger partial charge on any atom is -0.478 e. The number of anilines is 1. The van der Waals surface area contributed by atoms with Crippen LogP contribution in [0.5, 0.6) is 0 Å². The Morgan fingerprint density at radius 2 is 2.06 bits per heavy atom. The second-order valence-electron chi connectivity index (χ2n) is 3.74. The van der Waals surface area contributed by atoms with Crippen molar-refractivity contribution in [3.8, 4) is 0 Å². The highest BCUT2D eigenvalue weighted by atomic mass is 16.4. The van der Waals surface area contributed by atoms with Crippen LogP contribution < -0.4 is 10.6 Å². The molecule has 5 heteroatoms. The summed E-state index contributed by atoms with van der Waals surface area (Å²) in [5.41, 5.74) is 1.23. The lowest BCUT2D eigenvalue weighted by Crippen LogP contribution is -2.29. The number of benzene rings is 1. The van der Waals surface area contributed by atoms with E-state index in [1.54, 1.807) is 19.1 Å². The molecule has 0 atom stereocenters. The Kier molecular flexibility index (Phi) is 4.51. The molecule has 0 aliphatic carbocycles. The molecule has 1 rings (SSSR count). The lowest BCUT2D eigenvalue weighted by atomic mass is 10.1. The Morgan fingerprint density at radius 1 is 1.35 bits per heavy atom. The molecule has 0 spiro atoms. The van der Waals surface area contributed by atoms with Crippen LogP contribution in [0, 0.1) is 6.92 Å². The van der Waals surface area contributed by atoms with Crippen molar-refractivity contribution in [2.75, 3.05) is 11.9 Å². The maximum absolute atomic E-state index is 11.4. The molecule has 0 heterocycles. The second kappa shape index (κ2) is 5.89. The van der Waals surface area contributed by atoms with E-state index in [1.165, 1.54) is 6.07 Å². The zero-order chi connectivity index (χ0) is 12.8. The van der Waals surface area contributed by atoms with Gasteiger partial charge in [-0.1, -0.05) is 18.6 Å². The fourth-order valence-corrected chi connectivity index (χ4v) is 1.35. The van der Waals surface area contributed by atoms with Gasteiger partial charge in [-0.25, -0.2) is 9.59 Å². The standard InChI is InChI=1S/C12H16N2O3/c1-3-6-13-12(17)14-10-5-4-8(2)7-9(10)11(15)16/h4-5,7H,3,6H2,1-2H3,(H,15,16)(H2,13,14,17). The number of urea groups is 1. The average molecular weight is 236 g/mol. The van der Waals surface area contributed by atoms with Crippen LogP contribution in [0.25, 0.3) is 0 Å². The Labute approximate surface area is 99.8 Å². The van der Waals surface area contributed by atoms with Crippen molar-refractivity contribution in [3.05, 3.63) is 29.3 Å². The predicted molar refractivity (Wildman–Crippen MR) is 65.5 cm³/mol. The largest absolute Gasteiger partial charge is 0.478 e. The summed E-state index contributed by atoms with van der Waals surface area (Å²) in [4.78, 5) is 22.4. The van der Waals surface area contributed by atoms with Crippen LogP contribution in [0.4, 0.5) is 10.5 Å². The van der Waals surface area contributed by atoms with Crippen molar-refractivity contribution in [1.82, 2.24) is 5.32 Å². The van der Waals surface area contributed by atoms with E-state index in [0.717, 1.165) is 12.0 Å². The van der Waals surface area contributed by atoms with Crippen molar-refractivity contribution in [2.45, 2.75) is 20.3 Å². The van der Waals surface area contributed by atoms with Crippen LogP contribution in [-0.2, 0) is 0 Å². The third-order valence-corrected chi connectivity index (χ3v) is 2.19. The normalized spacial score (nSPS) is 9.76. The van der Waals surface area contributed by atoms with Gasteiger partial charge in [-0.3, -0.25) is 0 Å². The third kappa shape index (κ3) is 3.79. The van der Waals surface area contributed by atoms with Gasteiger partial charge in [0.15, 0.2) is 0 Å². The molecule has 0 aliphatic rings. The molecule has 0 radical (unpaired) electrons. The van der Waals surface area contributed by atoms with Gasteiger partial charge in [-0.15, -0.1) is 0 Å². The van der Waals surface area contributed by atoms with Crippen LogP contribution in [0.1, 0.15) is 29.3 Å². The van der Waals surface area contributed by atoms with Crippen LogP contribution in [0.15, 0.2) is 18.2 Å². The Hall–Kier alpha value is -2.04. The van der Waals surface area contributed by atoms with E-state index in [4.69, 9.17) is 5.11 Å². The van der Waals surface area contributed by atoms with Gasteiger partial charge in [0.05, 0.1) is 11.3 Å². The maximum Gasteiger partial charge on any atom is 0.337 e. The molecule has 0 saturated heterocycles. The van der Waals surface area contributed by atoms with Crippen LogP contribution in [0.3, 0.4) is 0 Å². The van der Waals surface area contributed by atoms with Crippen LogP contribution >= 0.6 is 0 Å². The van der Waals surface area contributed by atoms with E-state index in [2.05, 4.69) is 10.6 Å². The molecule has 0 saturated carbocycles. The molecule has 0 unspecified atom stereocenters. The number of hydrogen-bond donors (Lipinski definition) is 3. The quantitative estimate of drug-likeness (QED) is 0.750. The van der Waals surface area contributed by atoms with Gasteiger partial charge in [-0.2, -0.15) is 0 Å². The van der Waals surface area contributed by atoms with Crippen molar-refractivity contribution in [2.24, 2.45) is 0 Å². The zero-order valence-electron chi connectivity index (χ0n) is 9.91. The van der Waals surface area contributed by atoms with Crippen LogP contribution in [0.2, 0.25) is 0 Å². The van der Waals surface area contributed by atoms with Gasteiger partial charge in [0.2, 0.25) is 0 Å². The monoisotopic (exact) mass is 236 g/mol. The van der Waals surface area contributed by atoms with Gasteiger partial charge >= 0.3 is 12.0 Å². The summed E-state index contributed by atoms with van der Waals surface area (Å²) in [7, 11) is 0. The highest BCUT2D eigenvalue weighted by molar-refractivity contribution is 6.00. The summed E-state index contributed by atoms with van der Waals surface area (Å²) >= 11 is 0. The summed E-state index contributed by atoms with van der Waals surface area (Å²) in [6.07, 6.45) is 0.826. The van der Waals surface area contributed by atoms with Crippen molar-refractivity contribution in [3.63, 3.8) is 0 Å². The van der Waals surface area contributed by atoms with Crippen molar-refractivity contribution in [1.29, 1.82) is 0 Å². The smallest absolute Gasteiger partial charge is 0.337 e. The Morgan fingerprint density at radius 3 is 2.65 bits per heavy atom. The van der Waals surface area contributed by atoms with E-state index in [9.17, 15) is 9.59 Å². The zero-order valence-corrected chi connectivity index (χ0v) is 9.91. The summed E-state index contributed by atoms with van der Waals surface area (Å²) in [5, 5.41) is 14.1. The first-order valence-electron chi connectivity index (χ1n) is 5.43. The van der Waals surface area contributed by atoms with Crippen LogP contribution in [-0.4, -0.2) is 23.7 Å². The average Bonchev–Trinajstić information content (AvgIpc) is 2.28. The first kappa shape index (κ1) is 13.0. The number of carboxylic acid groups (broad SMARTS) is 1. The number of aryl methyl sites for hydroxylation is 1. The molecule has 92 valence electrons. The molecule has 0 fully saturated rings. The number of rotatable bonds is 4. The number of carbonyl (C=O) groups excluding carboxylic acids is 1. The van der Waals surface area contributed by atoms with Gasteiger partial charge in [0, 0.05) is 6.54 Å². The first-order valence-corrected chi connectivity index (χ1v) is 5.43. The Bertz CT molecular complexity index is 430. The number of nitrogens with one attached hydrogen (secondary N) is 2. The molecular formula is C12H16N2O3. The molecule has 1 aromatic rings. The number of amides is 2. The maximum atomic E-state index is 11.4. The summed E-state index contributed by atoms with van der Waals surface area (Å²) in [5.74, 6) is -1.06. The minimum atomic E-state index is -1.06. The van der Waals surface area contributed by atoms with Gasteiger partial charge < -0.3 is 15.7 Å². The summed E-state index contributed by atoms with van der Waals surface area (Å²) in [6, 6.07) is 4.47. The van der Waals surface area contributed by atoms with Crippen molar-refractivity contribution < 1.29 is 14.7 Å². The number of carbonyl (C=O) groups is 2. The van der Waals surface area contributed by atoms with Gasteiger partial charge in [0.25, 0.3) is 0 Å². The summed E-state index contributed by atoms with van der Waals surface area (Å²) < 4.78 is 0. The predicted octanol–water partition coefficient (Wildman–Crippen LogP) is 2.22. The Balaban J connectivity index is 2.83. The number of hydrogen-bond acceptors (Lipinski definition) is 2. The number of carboxylic acids is 1. The third-order valence-electron chi connectivity index (χ3n) is 2.19. The minimum absolute atomic E-state index is 0.0941. The molecule has 0 aliphatic heterocycles. The molecule has 0 aromatic heterocycles. The second-order valence-corrected chi connectivity index (χ2v) is 3.74. The lowest BCUT2D eigenvalue weighted by molar-refractivity contribution is 0.0698. The lowest BCUT2D eigenvalue weighted by Gasteiger charge is -2.09. The first-order chi connectivity index (χ1) is 8.04. The van der Waals surface area contributed by atoms with E-state index in [0.29, 0.717) is 12.2 Å². The van der Waals surface area contributed by atoms with E-state index < -0.39 is 12.0 Å². The fourth-order valence-electron chi connectivity index (χ4n) is 1.35. The van der Waals surface area contributed by atoms with Gasteiger partial charge in [-0.05, 0) is 25.5 Å². The molecule has 5 nitrogen and oxygen atoms in total. The molecular weight excluding hydrogens is 220 g/mol. The molecule has 0 bridgehead atoms.